The Morgan fingerprint density at radius 3 is 2.62 bits per heavy atom. The molecule has 3 rings (SSSR count). The molecule has 0 aliphatic rings. The molecule has 0 spiro atoms. The van der Waals surface area contributed by atoms with Gasteiger partial charge in [-0.15, -0.1) is 0 Å². The van der Waals surface area contributed by atoms with Crippen LogP contribution in [0.5, 0.6) is 0 Å². The maximum atomic E-state index is 12.3. The van der Waals surface area contributed by atoms with Gasteiger partial charge in [0.05, 0.1) is 30.5 Å². The van der Waals surface area contributed by atoms with Crippen LogP contribution in [0, 0.1) is 0 Å². The number of carbonyl (C=O) groups excluding carboxylic acids is 1. The van der Waals surface area contributed by atoms with Gasteiger partial charge in [-0.2, -0.15) is 26.3 Å². The summed E-state index contributed by atoms with van der Waals surface area (Å²) in [5.41, 5.74) is 1.70. The van der Waals surface area contributed by atoms with Crippen LogP contribution in [0.4, 0.5) is 0 Å². The summed E-state index contributed by atoms with van der Waals surface area (Å²) in [6.07, 6.45) is 3.26. The van der Waals surface area contributed by atoms with Crippen LogP contribution in [0.1, 0.15) is 22.0 Å². The van der Waals surface area contributed by atoms with E-state index in [0.29, 0.717) is 12.1 Å². The Morgan fingerprint density at radius 2 is 1.95 bits per heavy atom. The molecule has 1 atom stereocenters. The number of nitrogens with zero attached hydrogens (tertiary/aromatic N) is 3. The molecule has 1 aromatic carbocycles. The zero-order valence-corrected chi connectivity index (χ0v) is 12.0. The normalized spacial score (nSPS) is 12.0. The van der Waals surface area contributed by atoms with Crippen molar-refractivity contribution in [1.82, 2.24) is 20.3 Å². The third-order valence-corrected chi connectivity index (χ3v) is 3.79. The minimum Gasteiger partial charge on any atom is -0.343 e. The topological polar surface area (TPSA) is 59.8 Å². The van der Waals surface area contributed by atoms with E-state index in [9.17, 15) is 4.79 Å². The van der Waals surface area contributed by atoms with Crippen LogP contribution < -0.4 is 5.32 Å². The first-order valence-corrected chi connectivity index (χ1v) is 7.49. The maximum absolute atomic E-state index is 12.3. The number of rotatable bonds is 5. The fourth-order valence-electron chi connectivity index (χ4n) is 2.06. The second-order valence-electron chi connectivity index (χ2n) is 4.53. The van der Waals surface area contributed by atoms with Crippen molar-refractivity contribution in [3.05, 3.63) is 70.7 Å². The van der Waals surface area contributed by atoms with E-state index in [1.165, 1.54) is 11.3 Å². The summed E-state index contributed by atoms with van der Waals surface area (Å²) in [4.78, 5) is 13.8. The van der Waals surface area contributed by atoms with E-state index in [2.05, 4.69) is 15.5 Å². The van der Waals surface area contributed by atoms with Gasteiger partial charge in [0.2, 0.25) is 0 Å². The van der Waals surface area contributed by atoms with Crippen molar-refractivity contribution in [2.75, 3.05) is 0 Å². The van der Waals surface area contributed by atoms with Gasteiger partial charge in [0.1, 0.15) is 0 Å². The van der Waals surface area contributed by atoms with Gasteiger partial charge in [0.15, 0.2) is 0 Å². The summed E-state index contributed by atoms with van der Waals surface area (Å²) in [6.45, 7) is 0.493. The molecule has 0 radical (unpaired) electrons. The molecule has 2 heterocycles. The maximum Gasteiger partial charge on any atom is 0.252 e. The molecule has 3 aromatic rings. The highest BCUT2D eigenvalue weighted by Gasteiger charge is 2.17. The fourth-order valence-corrected chi connectivity index (χ4v) is 2.69. The monoisotopic (exact) mass is 298 g/mol. The van der Waals surface area contributed by atoms with Crippen molar-refractivity contribution in [2.45, 2.75) is 12.6 Å². The van der Waals surface area contributed by atoms with Crippen LogP contribution in [0.25, 0.3) is 0 Å². The second kappa shape index (κ2) is 6.32. The van der Waals surface area contributed by atoms with Crippen molar-refractivity contribution < 1.29 is 4.79 Å². The zero-order valence-electron chi connectivity index (χ0n) is 11.2. The van der Waals surface area contributed by atoms with Crippen LogP contribution in [0.2, 0.25) is 0 Å². The molecule has 0 aliphatic carbocycles. The molecular formula is C15H14N4OS. The largest absolute Gasteiger partial charge is 0.343 e. The van der Waals surface area contributed by atoms with Crippen LogP contribution in [-0.2, 0) is 6.54 Å². The molecule has 21 heavy (non-hydrogen) atoms. The summed E-state index contributed by atoms with van der Waals surface area (Å²) < 4.78 is 0. The lowest BCUT2D eigenvalue weighted by Gasteiger charge is -2.18. The van der Waals surface area contributed by atoms with E-state index >= 15 is 0 Å². The van der Waals surface area contributed by atoms with Crippen molar-refractivity contribution >= 4 is 17.2 Å². The molecule has 0 fully saturated rings. The average molecular weight is 298 g/mol. The van der Waals surface area contributed by atoms with E-state index in [4.69, 9.17) is 0 Å². The zero-order chi connectivity index (χ0) is 14.5. The Balaban J connectivity index is 1.80. The number of amides is 1. The fraction of sp³-hybridized carbons (Fsp3) is 0.133. The molecule has 106 valence electrons. The van der Waals surface area contributed by atoms with Crippen molar-refractivity contribution in [3.63, 3.8) is 0 Å². The Labute approximate surface area is 126 Å². The summed E-state index contributed by atoms with van der Waals surface area (Å²) in [7, 11) is 0. The summed E-state index contributed by atoms with van der Waals surface area (Å²) in [5, 5.41) is 15.0. The van der Waals surface area contributed by atoms with E-state index in [1.54, 1.807) is 17.2 Å². The Hall–Kier alpha value is -2.47. The minimum absolute atomic E-state index is 0.0859. The summed E-state index contributed by atoms with van der Waals surface area (Å²) >= 11 is 1.51. The lowest BCUT2D eigenvalue weighted by atomic mass is 10.1. The first-order chi connectivity index (χ1) is 10.3. The van der Waals surface area contributed by atoms with Crippen LogP contribution in [0.15, 0.2) is 59.6 Å². The van der Waals surface area contributed by atoms with Gasteiger partial charge in [-0.3, -0.25) is 4.79 Å². The molecule has 5 nitrogen and oxygen atoms in total. The molecule has 1 amide bonds. The molecule has 0 saturated carbocycles. The van der Waals surface area contributed by atoms with E-state index in [0.717, 1.165) is 5.56 Å². The first kappa shape index (κ1) is 13.5. The molecule has 0 unspecified atom stereocenters. The third-order valence-electron chi connectivity index (χ3n) is 3.10. The third kappa shape index (κ3) is 3.35. The number of nitrogens with one attached hydrogen (secondary N) is 1. The van der Waals surface area contributed by atoms with Gasteiger partial charge < -0.3 is 5.32 Å². The van der Waals surface area contributed by atoms with Crippen molar-refractivity contribution in [2.24, 2.45) is 0 Å². The number of carbonyl (C=O) groups is 1. The molecular weight excluding hydrogens is 284 g/mol. The van der Waals surface area contributed by atoms with Crippen molar-refractivity contribution in [1.29, 1.82) is 0 Å². The molecule has 0 bridgehead atoms. The number of hydrogen-bond acceptors (Lipinski definition) is 4. The quantitative estimate of drug-likeness (QED) is 0.787. The van der Waals surface area contributed by atoms with Gasteiger partial charge in [0, 0.05) is 5.38 Å². The predicted octanol–water partition coefficient (Wildman–Crippen LogP) is 2.51. The van der Waals surface area contributed by atoms with E-state index in [-0.39, 0.29) is 11.9 Å². The highest BCUT2D eigenvalue weighted by atomic mass is 32.1. The van der Waals surface area contributed by atoms with Gasteiger partial charge >= 0.3 is 0 Å². The van der Waals surface area contributed by atoms with Gasteiger partial charge in [-0.05, 0) is 17.0 Å². The van der Waals surface area contributed by atoms with Crippen LogP contribution >= 0.6 is 11.3 Å². The lowest BCUT2D eigenvalue weighted by Crippen LogP contribution is -2.31. The Bertz CT molecular complexity index is 680. The summed E-state index contributed by atoms with van der Waals surface area (Å²) in [5.74, 6) is -0.0859. The first-order valence-electron chi connectivity index (χ1n) is 6.55. The molecule has 0 saturated heterocycles. The number of aromatic nitrogens is 3. The van der Waals surface area contributed by atoms with Gasteiger partial charge in [0.25, 0.3) is 5.91 Å². The van der Waals surface area contributed by atoms with Gasteiger partial charge in [-0.1, -0.05) is 30.3 Å². The molecule has 0 aliphatic heterocycles. The highest BCUT2D eigenvalue weighted by Crippen LogP contribution is 2.16. The summed E-state index contributed by atoms with van der Waals surface area (Å²) in [6, 6.07) is 11.5. The average Bonchev–Trinajstić information content (AvgIpc) is 3.21. The molecule has 1 N–H and O–H groups in total. The molecule has 6 heteroatoms. The molecule has 2 aromatic heterocycles. The highest BCUT2D eigenvalue weighted by molar-refractivity contribution is 7.08. The smallest absolute Gasteiger partial charge is 0.252 e. The number of benzene rings is 1. The minimum atomic E-state index is -0.175. The number of hydrogen-bond donors (Lipinski definition) is 1. The SMILES string of the molecule is O=C(N[C@H](Cn1nccn1)c1ccccc1)c1ccsc1. The predicted molar refractivity (Wildman–Crippen MR) is 81.0 cm³/mol. The van der Waals surface area contributed by atoms with Crippen LogP contribution in [-0.4, -0.2) is 20.9 Å². The van der Waals surface area contributed by atoms with E-state index in [1.807, 2.05) is 47.2 Å². The number of thiophene rings is 1. The Kier molecular flexibility index (Phi) is 4.07. The Morgan fingerprint density at radius 1 is 1.19 bits per heavy atom. The standard InChI is InChI=1S/C15H14N4OS/c20-15(13-6-9-21-11-13)18-14(10-19-16-7-8-17-19)12-4-2-1-3-5-12/h1-9,11,14H,10H2,(H,18,20)/t14-/m1/s1. The van der Waals surface area contributed by atoms with E-state index < -0.39 is 0 Å². The van der Waals surface area contributed by atoms with Gasteiger partial charge in [-0.25, -0.2) is 0 Å². The lowest BCUT2D eigenvalue weighted by molar-refractivity contribution is 0.0931. The second-order valence-corrected chi connectivity index (χ2v) is 5.31. The van der Waals surface area contributed by atoms with Crippen LogP contribution in [0.3, 0.4) is 0 Å². The van der Waals surface area contributed by atoms with Crippen molar-refractivity contribution in [3.8, 4) is 0 Å².